The van der Waals surface area contributed by atoms with Gasteiger partial charge in [0.2, 0.25) is 0 Å². The minimum Gasteiger partial charge on any atom is -0.509 e. The number of aromatic amines is 1. The summed E-state index contributed by atoms with van der Waals surface area (Å²) in [6, 6.07) is 24.6. The Morgan fingerprint density at radius 2 is 1.66 bits per heavy atom. The van der Waals surface area contributed by atoms with Gasteiger partial charge in [-0.2, -0.15) is 0 Å². The number of hydrogen-bond donors (Lipinski definition) is 3. The third-order valence-corrected chi connectivity index (χ3v) is 4.86. The number of aliphatic hydroxyl groups is 1. The number of fused-ring (bicyclic) bond motifs is 1. The van der Waals surface area contributed by atoms with Gasteiger partial charge in [-0.15, -0.1) is 0 Å². The van der Waals surface area contributed by atoms with Crippen LogP contribution in [-0.4, -0.2) is 27.5 Å². The number of nitrogens with one attached hydrogen (secondary N) is 2. The molecule has 0 saturated carbocycles. The number of rotatable bonds is 4. The van der Waals surface area contributed by atoms with Crippen molar-refractivity contribution in [2.24, 2.45) is 0 Å². The Labute approximate surface area is 167 Å². The number of amidine groups is 1. The van der Waals surface area contributed by atoms with E-state index in [4.69, 9.17) is 10.1 Å². The topological polar surface area (TPSA) is 85.2 Å². The molecular formula is C23H18N4O2. The Balaban J connectivity index is 1.49. The van der Waals surface area contributed by atoms with Crippen LogP contribution in [0, 0.1) is 5.41 Å². The number of anilines is 1. The van der Waals surface area contributed by atoms with Crippen LogP contribution in [0.4, 0.5) is 5.69 Å². The number of ether oxygens (including phenoxy) is 1. The van der Waals surface area contributed by atoms with Gasteiger partial charge in [0, 0.05) is 0 Å². The molecule has 2 heterocycles. The molecule has 0 bridgehead atoms. The fraction of sp³-hybridized carbons (Fsp3) is 0.0435. The third-order valence-electron chi connectivity index (χ3n) is 4.86. The van der Waals surface area contributed by atoms with Gasteiger partial charge in [0.15, 0.2) is 5.75 Å². The first kappa shape index (κ1) is 17.1. The molecule has 29 heavy (non-hydrogen) atoms. The van der Waals surface area contributed by atoms with Crippen molar-refractivity contribution in [1.82, 2.24) is 9.97 Å². The molecule has 1 aromatic heterocycles. The predicted molar refractivity (Wildman–Crippen MR) is 114 cm³/mol. The molecule has 0 saturated heterocycles. The van der Waals surface area contributed by atoms with E-state index in [0.29, 0.717) is 28.6 Å². The van der Waals surface area contributed by atoms with Gasteiger partial charge in [-0.05, 0) is 36.4 Å². The lowest BCUT2D eigenvalue weighted by molar-refractivity contribution is 0.411. The van der Waals surface area contributed by atoms with Crippen LogP contribution in [0.25, 0.3) is 16.6 Å². The van der Waals surface area contributed by atoms with E-state index in [2.05, 4.69) is 9.97 Å². The Bertz CT molecular complexity index is 1210. The summed E-state index contributed by atoms with van der Waals surface area (Å²) in [4.78, 5) is 9.46. The smallest absolute Gasteiger partial charge is 0.151 e. The van der Waals surface area contributed by atoms with Crippen LogP contribution in [0.5, 0.6) is 11.5 Å². The molecule has 5 rings (SSSR count). The van der Waals surface area contributed by atoms with Gasteiger partial charge >= 0.3 is 0 Å². The number of aliphatic hydroxyl groups excluding tert-OH is 1. The van der Waals surface area contributed by atoms with E-state index < -0.39 is 0 Å². The van der Waals surface area contributed by atoms with Crippen LogP contribution in [0.2, 0.25) is 0 Å². The first-order valence-corrected chi connectivity index (χ1v) is 9.26. The molecule has 6 nitrogen and oxygen atoms in total. The zero-order chi connectivity index (χ0) is 19.8. The van der Waals surface area contributed by atoms with Gasteiger partial charge in [-0.1, -0.05) is 42.5 Å². The van der Waals surface area contributed by atoms with E-state index >= 15 is 0 Å². The molecule has 3 N–H and O–H groups in total. The summed E-state index contributed by atoms with van der Waals surface area (Å²) in [7, 11) is 0. The number of aromatic nitrogens is 2. The van der Waals surface area contributed by atoms with Crippen LogP contribution < -0.4 is 9.64 Å². The van der Waals surface area contributed by atoms with Gasteiger partial charge < -0.3 is 19.7 Å². The van der Waals surface area contributed by atoms with Gasteiger partial charge in [0.05, 0.1) is 28.8 Å². The highest BCUT2D eigenvalue weighted by Crippen LogP contribution is 2.37. The van der Waals surface area contributed by atoms with Crippen molar-refractivity contribution in [1.29, 1.82) is 5.41 Å². The quantitative estimate of drug-likeness (QED) is 0.457. The lowest BCUT2D eigenvalue weighted by Crippen LogP contribution is -2.26. The Kier molecular flexibility index (Phi) is 4.02. The van der Waals surface area contributed by atoms with E-state index in [1.54, 1.807) is 4.90 Å². The number of para-hydroxylation sites is 5. The summed E-state index contributed by atoms with van der Waals surface area (Å²) in [6.45, 7) is 0.181. The molecule has 1 aliphatic rings. The van der Waals surface area contributed by atoms with Crippen LogP contribution in [-0.2, 0) is 0 Å². The zero-order valence-corrected chi connectivity index (χ0v) is 15.5. The first-order valence-electron chi connectivity index (χ1n) is 9.26. The first-order chi connectivity index (χ1) is 14.2. The average molecular weight is 382 g/mol. The molecule has 0 atom stereocenters. The molecule has 0 spiro atoms. The number of H-pyrrole nitrogens is 1. The summed E-state index contributed by atoms with van der Waals surface area (Å²) in [5.74, 6) is 2.08. The Morgan fingerprint density at radius 3 is 2.48 bits per heavy atom. The van der Waals surface area contributed by atoms with Crippen LogP contribution in [0.1, 0.15) is 5.82 Å². The Morgan fingerprint density at radius 1 is 0.931 bits per heavy atom. The van der Waals surface area contributed by atoms with E-state index in [-0.39, 0.29) is 18.1 Å². The number of hydrogen-bond acceptors (Lipinski definition) is 4. The second-order valence-corrected chi connectivity index (χ2v) is 6.74. The largest absolute Gasteiger partial charge is 0.509 e. The fourth-order valence-corrected chi connectivity index (χ4v) is 3.49. The minimum absolute atomic E-state index is 0.101. The highest BCUT2D eigenvalue weighted by Gasteiger charge is 2.32. The van der Waals surface area contributed by atoms with Crippen molar-refractivity contribution in [3.05, 3.63) is 90.4 Å². The fourth-order valence-electron chi connectivity index (χ4n) is 3.49. The van der Waals surface area contributed by atoms with Gasteiger partial charge in [-0.25, -0.2) is 4.98 Å². The number of benzene rings is 3. The molecule has 0 radical (unpaired) electrons. The maximum atomic E-state index is 10.6. The minimum atomic E-state index is 0.101. The molecule has 0 aliphatic carbocycles. The molecule has 3 aromatic carbocycles. The van der Waals surface area contributed by atoms with Crippen LogP contribution in [0.3, 0.4) is 0 Å². The Hall–Kier alpha value is -4.06. The standard InChI is InChI=1S/C23H18N4O2/c24-22-21(23-25-16-10-4-5-11-17(16)26-23)19(28)14-27(22)18-12-6-7-13-20(18)29-15-8-2-1-3-9-15/h1-13,24,28H,14H2,(H,25,26). The maximum absolute atomic E-state index is 10.6. The number of imidazole rings is 1. The molecule has 1 aliphatic heterocycles. The lowest BCUT2D eigenvalue weighted by Gasteiger charge is -2.21. The van der Waals surface area contributed by atoms with Crippen molar-refractivity contribution < 1.29 is 9.84 Å². The molecule has 142 valence electrons. The monoisotopic (exact) mass is 382 g/mol. The van der Waals surface area contributed by atoms with Crippen molar-refractivity contribution in [3.8, 4) is 11.5 Å². The molecule has 0 fully saturated rings. The van der Waals surface area contributed by atoms with E-state index in [1.165, 1.54) is 0 Å². The van der Waals surface area contributed by atoms with Crippen molar-refractivity contribution in [3.63, 3.8) is 0 Å². The summed E-state index contributed by atoms with van der Waals surface area (Å²) in [5.41, 5.74) is 2.76. The zero-order valence-electron chi connectivity index (χ0n) is 15.5. The van der Waals surface area contributed by atoms with Gasteiger partial charge in [0.25, 0.3) is 0 Å². The summed E-state index contributed by atoms with van der Waals surface area (Å²) >= 11 is 0. The highest BCUT2D eigenvalue weighted by atomic mass is 16.5. The highest BCUT2D eigenvalue weighted by molar-refractivity contribution is 6.30. The molecule has 0 unspecified atom stereocenters. The number of nitrogens with zero attached hydrogens (tertiary/aromatic N) is 2. The van der Waals surface area contributed by atoms with E-state index in [1.807, 2.05) is 78.9 Å². The summed E-state index contributed by atoms with van der Waals surface area (Å²) in [6.07, 6.45) is 0. The molecule has 6 heteroatoms. The van der Waals surface area contributed by atoms with Crippen LogP contribution >= 0.6 is 0 Å². The van der Waals surface area contributed by atoms with E-state index in [9.17, 15) is 5.11 Å². The normalized spacial score (nSPS) is 14.1. The van der Waals surface area contributed by atoms with Gasteiger partial charge in [0.1, 0.15) is 23.2 Å². The second kappa shape index (κ2) is 6.83. The molecular weight excluding hydrogens is 364 g/mol. The predicted octanol–water partition coefficient (Wildman–Crippen LogP) is 5.12. The van der Waals surface area contributed by atoms with E-state index in [0.717, 1.165) is 11.0 Å². The molecule has 4 aromatic rings. The second-order valence-electron chi connectivity index (χ2n) is 6.74. The van der Waals surface area contributed by atoms with Gasteiger partial charge in [-0.3, -0.25) is 5.41 Å². The van der Waals surface area contributed by atoms with Crippen molar-refractivity contribution >= 4 is 28.1 Å². The van der Waals surface area contributed by atoms with Crippen molar-refractivity contribution in [2.75, 3.05) is 11.4 Å². The lowest BCUT2D eigenvalue weighted by atomic mass is 10.2. The maximum Gasteiger partial charge on any atom is 0.151 e. The SMILES string of the molecule is N=C1C(c2nc3ccccc3[nH]2)=C(O)CN1c1ccccc1Oc1ccccc1. The summed E-state index contributed by atoms with van der Waals surface area (Å²) < 4.78 is 6.03. The van der Waals surface area contributed by atoms with Crippen molar-refractivity contribution in [2.45, 2.75) is 0 Å². The summed E-state index contributed by atoms with van der Waals surface area (Å²) in [5, 5.41) is 19.4. The third kappa shape index (κ3) is 3.00. The van der Waals surface area contributed by atoms with Crippen LogP contribution in [0.15, 0.2) is 84.6 Å². The molecule has 0 amide bonds. The average Bonchev–Trinajstić information content (AvgIpc) is 3.29.